The Labute approximate surface area is 166 Å². The number of carbonyl (C=O) groups excluding carboxylic acids is 1. The number of pyridine rings is 1. The lowest BCUT2D eigenvalue weighted by Gasteiger charge is -2.07. The van der Waals surface area contributed by atoms with Gasteiger partial charge in [-0.2, -0.15) is 13.2 Å². The van der Waals surface area contributed by atoms with Gasteiger partial charge in [0.15, 0.2) is 0 Å². The molecule has 3 heterocycles. The molecule has 0 spiro atoms. The standard InChI is InChI=1S/C20H12F4N2O2S/c21-13-8-15-16(14-6-7-29-17(14)20(22,23)24)10-26(18(15)25-9-13)19(27)28-11-12-4-2-1-3-5-12/h1-10H,11H2. The average molecular weight is 420 g/mol. The maximum atomic E-state index is 13.8. The van der Waals surface area contributed by atoms with Crippen molar-refractivity contribution in [2.45, 2.75) is 12.8 Å². The SMILES string of the molecule is O=C(OCc1ccccc1)n1cc(-c2ccsc2C(F)(F)F)c2cc(F)cnc21. The number of halogens is 4. The summed E-state index contributed by atoms with van der Waals surface area (Å²) in [5, 5.41) is 1.38. The number of hydrogen-bond acceptors (Lipinski definition) is 4. The monoisotopic (exact) mass is 420 g/mol. The molecule has 29 heavy (non-hydrogen) atoms. The zero-order chi connectivity index (χ0) is 20.6. The molecule has 0 saturated heterocycles. The molecule has 0 N–H and O–H groups in total. The zero-order valence-corrected chi connectivity index (χ0v) is 15.4. The summed E-state index contributed by atoms with van der Waals surface area (Å²) in [5.41, 5.74) is 0.666. The zero-order valence-electron chi connectivity index (χ0n) is 14.6. The van der Waals surface area contributed by atoms with Crippen LogP contribution >= 0.6 is 11.3 Å². The smallest absolute Gasteiger partial charge is 0.426 e. The van der Waals surface area contributed by atoms with E-state index in [1.54, 1.807) is 24.3 Å². The van der Waals surface area contributed by atoms with E-state index in [1.807, 2.05) is 6.07 Å². The summed E-state index contributed by atoms with van der Waals surface area (Å²) in [4.78, 5) is 15.6. The topological polar surface area (TPSA) is 44.1 Å². The number of fused-ring (bicyclic) bond motifs is 1. The molecule has 0 aliphatic carbocycles. The molecule has 9 heteroatoms. The van der Waals surface area contributed by atoms with Crippen LogP contribution in [0.2, 0.25) is 0 Å². The highest BCUT2D eigenvalue weighted by Gasteiger charge is 2.36. The lowest BCUT2D eigenvalue weighted by Crippen LogP contribution is -2.13. The van der Waals surface area contributed by atoms with Gasteiger partial charge in [-0.3, -0.25) is 0 Å². The lowest BCUT2D eigenvalue weighted by atomic mass is 10.1. The second kappa shape index (κ2) is 7.32. The maximum Gasteiger partial charge on any atom is 0.426 e. The van der Waals surface area contributed by atoms with Crippen molar-refractivity contribution in [3.63, 3.8) is 0 Å². The van der Waals surface area contributed by atoms with Crippen LogP contribution in [0.3, 0.4) is 0 Å². The van der Waals surface area contributed by atoms with Crippen LogP contribution in [0.4, 0.5) is 22.4 Å². The van der Waals surface area contributed by atoms with E-state index < -0.39 is 23.0 Å². The first kappa shape index (κ1) is 19.1. The Morgan fingerprint density at radius 1 is 1.14 bits per heavy atom. The number of rotatable bonds is 3. The van der Waals surface area contributed by atoms with Gasteiger partial charge in [-0.25, -0.2) is 18.7 Å². The van der Waals surface area contributed by atoms with Gasteiger partial charge in [-0.1, -0.05) is 30.3 Å². The number of thiophene rings is 1. The molecule has 0 aliphatic rings. The van der Waals surface area contributed by atoms with E-state index in [4.69, 9.17) is 4.74 Å². The molecule has 4 nitrogen and oxygen atoms in total. The van der Waals surface area contributed by atoms with Crippen LogP contribution in [0.1, 0.15) is 10.4 Å². The molecule has 0 aliphatic heterocycles. The van der Waals surface area contributed by atoms with E-state index in [1.165, 1.54) is 17.6 Å². The van der Waals surface area contributed by atoms with Crippen LogP contribution in [0, 0.1) is 5.82 Å². The van der Waals surface area contributed by atoms with Gasteiger partial charge in [-0.05, 0) is 23.1 Å². The number of aromatic nitrogens is 2. The minimum atomic E-state index is -4.58. The van der Waals surface area contributed by atoms with Crippen LogP contribution in [-0.2, 0) is 17.5 Å². The van der Waals surface area contributed by atoms with E-state index in [9.17, 15) is 22.4 Å². The quantitative estimate of drug-likeness (QED) is 0.376. The summed E-state index contributed by atoms with van der Waals surface area (Å²) in [5.74, 6) is -0.724. The van der Waals surface area contributed by atoms with E-state index in [0.717, 1.165) is 22.4 Å². The maximum absolute atomic E-state index is 13.8. The summed E-state index contributed by atoms with van der Waals surface area (Å²) in [6.07, 6.45) is -3.31. The number of carbonyl (C=O) groups is 1. The number of hydrogen-bond donors (Lipinski definition) is 0. The summed E-state index contributed by atoms with van der Waals surface area (Å²) >= 11 is 0.525. The van der Waals surface area contributed by atoms with Crippen LogP contribution in [0.15, 0.2) is 60.2 Å². The van der Waals surface area contributed by atoms with E-state index in [2.05, 4.69) is 4.98 Å². The predicted octanol–water partition coefficient (Wildman–Crippen LogP) is 6.11. The fourth-order valence-corrected chi connectivity index (χ4v) is 3.74. The van der Waals surface area contributed by atoms with Gasteiger partial charge in [0.2, 0.25) is 0 Å². The Balaban J connectivity index is 1.77. The lowest BCUT2D eigenvalue weighted by molar-refractivity contribution is -0.133. The molecule has 148 valence electrons. The second-order valence-corrected chi connectivity index (χ2v) is 7.05. The highest BCUT2D eigenvalue weighted by atomic mass is 32.1. The van der Waals surface area contributed by atoms with Crippen LogP contribution < -0.4 is 0 Å². The van der Waals surface area contributed by atoms with Crippen LogP contribution in [0.5, 0.6) is 0 Å². The Morgan fingerprint density at radius 2 is 1.90 bits per heavy atom. The van der Waals surface area contributed by atoms with Gasteiger partial charge < -0.3 is 4.74 Å². The normalized spacial score (nSPS) is 11.7. The number of nitrogens with zero attached hydrogens (tertiary/aromatic N) is 2. The third-order valence-corrected chi connectivity index (χ3v) is 5.18. The van der Waals surface area contributed by atoms with Crippen molar-refractivity contribution in [2.24, 2.45) is 0 Å². The van der Waals surface area contributed by atoms with Gasteiger partial charge in [0.1, 0.15) is 22.9 Å². The molecular formula is C20H12F4N2O2S. The largest absolute Gasteiger partial charge is 0.444 e. The highest BCUT2D eigenvalue weighted by Crippen LogP contribution is 2.43. The Kier molecular flexibility index (Phi) is 4.83. The molecule has 0 unspecified atom stereocenters. The van der Waals surface area contributed by atoms with Crippen molar-refractivity contribution >= 4 is 28.5 Å². The third kappa shape index (κ3) is 3.73. The molecule has 0 radical (unpaired) electrons. The van der Waals surface area contributed by atoms with Crippen molar-refractivity contribution < 1.29 is 27.1 Å². The molecular weight excluding hydrogens is 408 g/mol. The first-order valence-electron chi connectivity index (χ1n) is 8.37. The Hall–Kier alpha value is -3.20. The van der Waals surface area contributed by atoms with Crippen LogP contribution in [0.25, 0.3) is 22.2 Å². The van der Waals surface area contributed by atoms with Gasteiger partial charge in [0.05, 0.1) is 6.20 Å². The molecule has 0 amide bonds. The van der Waals surface area contributed by atoms with Gasteiger partial charge in [0, 0.05) is 22.7 Å². The molecule has 0 bridgehead atoms. The molecule has 1 aromatic carbocycles. The predicted molar refractivity (Wildman–Crippen MR) is 100 cm³/mol. The molecule has 3 aromatic heterocycles. The minimum absolute atomic E-state index is 0.0128. The minimum Gasteiger partial charge on any atom is -0.444 e. The number of ether oxygens (including phenoxy) is 1. The van der Waals surface area contributed by atoms with Gasteiger partial charge in [0.25, 0.3) is 0 Å². The molecule has 4 rings (SSSR count). The molecule has 0 fully saturated rings. The number of benzene rings is 1. The fraction of sp³-hybridized carbons (Fsp3) is 0.100. The van der Waals surface area contributed by atoms with Crippen molar-refractivity contribution in [3.05, 3.63) is 76.5 Å². The van der Waals surface area contributed by atoms with E-state index in [-0.39, 0.29) is 28.8 Å². The van der Waals surface area contributed by atoms with E-state index >= 15 is 0 Å². The Bertz CT molecular complexity index is 1180. The summed E-state index contributed by atoms with van der Waals surface area (Å²) in [6, 6.07) is 11.2. The molecule has 0 saturated carbocycles. The van der Waals surface area contributed by atoms with Gasteiger partial charge >= 0.3 is 12.3 Å². The number of alkyl halides is 3. The van der Waals surface area contributed by atoms with Crippen molar-refractivity contribution in [3.8, 4) is 11.1 Å². The highest BCUT2D eigenvalue weighted by molar-refractivity contribution is 7.10. The Morgan fingerprint density at radius 3 is 2.62 bits per heavy atom. The van der Waals surface area contributed by atoms with Crippen molar-refractivity contribution in [1.29, 1.82) is 0 Å². The summed E-state index contributed by atoms with van der Waals surface area (Å²) in [7, 11) is 0. The second-order valence-electron chi connectivity index (χ2n) is 6.14. The van der Waals surface area contributed by atoms with Gasteiger partial charge in [-0.15, -0.1) is 11.3 Å². The summed E-state index contributed by atoms with van der Waals surface area (Å²) < 4.78 is 60.0. The molecule has 0 atom stereocenters. The van der Waals surface area contributed by atoms with Crippen molar-refractivity contribution in [2.75, 3.05) is 0 Å². The fourth-order valence-electron chi connectivity index (χ4n) is 2.97. The first-order valence-corrected chi connectivity index (χ1v) is 9.25. The molecule has 4 aromatic rings. The van der Waals surface area contributed by atoms with Crippen LogP contribution in [-0.4, -0.2) is 15.6 Å². The van der Waals surface area contributed by atoms with Crippen molar-refractivity contribution in [1.82, 2.24) is 9.55 Å². The summed E-state index contributed by atoms with van der Waals surface area (Å²) in [6.45, 7) is -0.0257. The first-order chi connectivity index (χ1) is 13.8. The third-order valence-electron chi connectivity index (χ3n) is 4.22. The average Bonchev–Trinajstić information content (AvgIpc) is 3.31. The van der Waals surface area contributed by atoms with E-state index in [0.29, 0.717) is 11.3 Å².